The van der Waals surface area contributed by atoms with Gasteiger partial charge < -0.3 is 4.74 Å². The maximum atomic E-state index is 11.6. The topological polar surface area (TPSA) is 38.3 Å². The van der Waals surface area contributed by atoms with Crippen LogP contribution in [0.25, 0.3) is 0 Å². The van der Waals surface area contributed by atoms with E-state index in [2.05, 4.69) is 21.2 Å². The first kappa shape index (κ1) is 12.9. The lowest BCUT2D eigenvalue weighted by atomic mass is 10.3. The Morgan fingerprint density at radius 1 is 1.06 bits per heavy atom. The van der Waals surface area contributed by atoms with Crippen molar-refractivity contribution in [1.29, 1.82) is 0 Å². The Hall–Kier alpha value is -1.52. The van der Waals surface area contributed by atoms with Gasteiger partial charge in [-0.1, -0.05) is 27.5 Å². The van der Waals surface area contributed by atoms with Crippen LogP contribution in [0.2, 0.25) is 5.02 Å². The quantitative estimate of drug-likeness (QED) is 0.867. The predicted octanol–water partition coefficient (Wildman–Crippen LogP) is 4.71. The molecule has 0 radical (unpaired) electrons. The van der Waals surface area contributed by atoms with Crippen LogP contribution in [-0.4, -0.2) is 6.09 Å². The summed E-state index contributed by atoms with van der Waals surface area (Å²) in [5.41, 5.74) is 0.664. The van der Waals surface area contributed by atoms with E-state index < -0.39 is 6.09 Å². The lowest BCUT2D eigenvalue weighted by molar-refractivity contribution is 0.215. The van der Waals surface area contributed by atoms with Gasteiger partial charge in [0.2, 0.25) is 0 Å². The Morgan fingerprint density at radius 2 is 1.67 bits per heavy atom. The Kier molecular flexibility index (Phi) is 4.23. The fraction of sp³-hybridized carbons (Fsp3) is 0. The first-order valence-corrected chi connectivity index (χ1v) is 6.30. The Bertz CT molecular complexity index is 490. The van der Waals surface area contributed by atoms with Crippen molar-refractivity contribution in [3.63, 3.8) is 0 Å². The van der Waals surface area contributed by atoms with E-state index in [4.69, 9.17) is 16.3 Å². The van der Waals surface area contributed by atoms with Crippen LogP contribution in [0.3, 0.4) is 0 Å². The number of hydrogen-bond acceptors (Lipinski definition) is 2. The molecular formula is C13H9BrClNO2. The van der Waals surface area contributed by atoms with Crippen LogP contribution in [0, 0.1) is 0 Å². The van der Waals surface area contributed by atoms with Crippen molar-refractivity contribution in [3.05, 3.63) is 58.0 Å². The minimum atomic E-state index is -0.542. The van der Waals surface area contributed by atoms with Gasteiger partial charge in [-0.05, 0) is 48.5 Å². The molecule has 0 heterocycles. The SMILES string of the molecule is O=C(Nc1ccc(Br)cc1)Oc1ccc(Cl)cc1. The highest BCUT2D eigenvalue weighted by Gasteiger charge is 2.04. The highest BCUT2D eigenvalue weighted by atomic mass is 79.9. The molecule has 92 valence electrons. The molecule has 0 bridgehead atoms. The minimum Gasteiger partial charge on any atom is -0.410 e. The third kappa shape index (κ3) is 3.75. The summed E-state index contributed by atoms with van der Waals surface area (Å²) in [5, 5.41) is 3.21. The molecule has 0 fully saturated rings. The number of ether oxygens (including phenoxy) is 1. The standard InChI is InChI=1S/C13H9BrClNO2/c14-9-1-5-11(6-2-9)16-13(17)18-12-7-3-10(15)4-8-12/h1-8H,(H,16,17). The Labute approximate surface area is 118 Å². The van der Waals surface area contributed by atoms with Crippen LogP contribution >= 0.6 is 27.5 Å². The molecule has 0 aromatic heterocycles. The van der Waals surface area contributed by atoms with E-state index in [0.29, 0.717) is 16.5 Å². The molecule has 18 heavy (non-hydrogen) atoms. The molecule has 0 aliphatic carbocycles. The number of benzene rings is 2. The number of halogens is 2. The number of amides is 1. The van der Waals surface area contributed by atoms with E-state index in [1.807, 2.05) is 12.1 Å². The van der Waals surface area contributed by atoms with Crippen molar-refractivity contribution in [2.75, 3.05) is 5.32 Å². The summed E-state index contributed by atoms with van der Waals surface area (Å²) in [4.78, 5) is 11.6. The molecule has 2 aromatic rings. The van der Waals surface area contributed by atoms with E-state index >= 15 is 0 Å². The van der Waals surface area contributed by atoms with Crippen LogP contribution in [0.1, 0.15) is 0 Å². The van der Waals surface area contributed by atoms with Gasteiger partial charge in [-0.2, -0.15) is 0 Å². The lowest BCUT2D eigenvalue weighted by Crippen LogP contribution is -2.16. The maximum absolute atomic E-state index is 11.6. The summed E-state index contributed by atoms with van der Waals surface area (Å²) >= 11 is 9.05. The van der Waals surface area contributed by atoms with Gasteiger partial charge in [-0.3, -0.25) is 5.32 Å². The first-order chi connectivity index (χ1) is 8.63. The van der Waals surface area contributed by atoms with Gasteiger partial charge in [-0.25, -0.2) is 4.79 Å². The monoisotopic (exact) mass is 325 g/mol. The summed E-state index contributed by atoms with van der Waals surface area (Å²) in [6.45, 7) is 0. The molecule has 0 atom stereocenters. The van der Waals surface area contributed by atoms with Gasteiger partial charge in [0.05, 0.1) is 0 Å². The Morgan fingerprint density at radius 3 is 2.28 bits per heavy atom. The highest BCUT2D eigenvalue weighted by molar-refractivity contribution is 9.10. The molecule has 1 N–H and O–H groups in total. The molecule has 0 saturated carbocycles. The summed E-state index contributed by atoms with van der Waals surface area (Å²) in [5.74, 6) is 0.439. The molecule has 0 unspecified atom stereocenters. The second-order valence-electron chi connectivity index (χ2n) is 3.48. The number of carbonyl (C=O) groups excluding carboxylic acids is 1. The van der Waals surface area contributed by atoms with Gasteiger partial charge in [0, 0.05) is 15.2 Å². The smallest absolute Gasteiger partial charge is 0.410 e. The molecular weight excluding hydrogens is 318 g/mol. The van der Waals surface area contributed by atoms with Gasteiger partial charge in [-0.15, -0.1) is 0 Å². The number of anilines is 1. The fourth-order valence-corrected chi connectivity index (χ4v) is 1.68. The molecule has 2 aromatic carbocycles. The van der Waals surface area contributed by atoms with E-state index in [0.717, 1.165) is 4.47 Å². The highest BCUT2D eigenvalue weighted by Crippen LogP contribution is 2.17. The molecule has 5 heteroatoms. The largest absolute Gasteiger partial charge is 0.417 e. The van der Waals surface area contributed by atoms with Crippen LogP contribution in [0.4, 0.5) is 10.5 Å². The van der Waals surface area contributed by atoms with Crippen molar-refractivity contribution in [2.45, 2.75) is 0 Å². The van der Waals surface area contributed by atoms with Crippen molar-refractivity contribution in [3.8, 4) is 5.75 Å². The van der Waals surface area contributed by atoms with Crippen molar-refractivity contribution >= 4 is 39.3 Å². The van der Waals surface area contributed by atoms with Crippen molar-refractivity contribution < 1.29 is 9.53 Å². The zero-order valence-corrected chi connectivity index (χ0v) is 11.5. The zero-order chi connectivity index (χ0) is 13.0. The summed E-state index contributed by atoms with van der Waals surface area (Å²) in [6.07, 6.45) is -0.542. The number of hydrogen-bond donors (Lipinski definition) is 1. The summed E-state index contributed by atoms with van der Waals surface area (Å²) in [6, 6.07) is 13.8. The normalized spacial score (nSPS) is 9.89. The molecule has 3 nitrogen and oxygen atoms in total. The predicted molar refractivity (Wildman–Crippen MR) is 75.2 cm³/mol. The van der Waals surface area contributed by atoms with Crippen molar-refractivity contribution in [2.24, 2.45) is 0 Å². The van der Waals surface area contributed by atoms with E-state index in [1.165, 1.54) is 0 Å². The zero-order valence-electron chi connectivity index (χ0n) is 9.19. The number of carbonyl (C=O) groups is 1. The second kappa shape index (κ2) is 5.89. The first-order valence-electron chi connectivity index (χ1n) is 5.13. The molecule has 0 aliphatic heterocycles. The average Bonchev–Trinajstić information content (AvgIpc) is 2.35. The van der Waals surface area contributed by atoms with Gasteiger partial charge >= 0.3 is 6.09 Å². The number of rotatable bonds is 2. The van der Waals surface area contributed by atoms with Crippen LogP contribution in [-0.2, 0) is 0 Å². The average molecular weight is 327 g/mol. The molecule has 2 rings (SSSR count). The van der Waals surface area contributed by atoms with Gasteiger partial charge in [0.15, 0.2) is 0 Å². The summed E-state index contributed by atoms with van der Waals surface area (Å²) < 4.78 is 6.03. The number of nitrogens with one attached hydrogen (secondary N) is 1. The third-order valence-electron chi connectivity index (χ3n) is 2.11. The molecule has 0 spiro atoms. The van der Waals surface area contributed by atoms with Crippen molar-refractivity contribution in [1.82, 2.24) is 0 Å². The second-order valence-corrected chi connectivity index (χ2v) is 4.83. The summed E-state index contributed by atoms with van der Waals surface area (Å²) in [7, 11) is 0. The molecule has 1 amide bonds. The lowest BCUT2D eigenvalue weighted by Gasteiger charge is -2.06. The van der Waals surface area contributed by atoms with E-state index in [-0.39, 0.29) is 0 Å². The molecule has 0 saturated heterocycles. The minimum absolute atomic E-state index is 0.439. The van der Waals surface area contributed by atoms with E-state index in [9.17, 15) is 4.79 Å². The van der Waals surface area contributed by atoms with Crippen LogP contribution in [0.15, 0.2) is 53.0 Å². The molecule has 0 aliphatic rings. The fourth-order valence-electron chi connectivity index (χ4n) is 1.29. The van der Waals surface area contributed by atoms with Gasteiger partial charge in [0.25, 0.3) is 0 Å². The van der Waals surface area contributed by atoms with Crippen LogP contribution in [0.5, 0.6) is 5.75 Å². The van der Waals surface area contributed by atoms with E-state index in [1.54, 1.807) is 36.4 Å². The van der Waals surface area contributed by atoms with Crippen LogP contribution < -0.4 is 10.1 Å². The third-order valence-corrected chi connectivity index (χ3v) is 2.90. The van der Waals surface area contributed by atoms with Gasteiger partial charge in [0.1, 0.15) is 5.75 Å². The Balaban J connectivity index is 1.96. The maximum Gasteiger partial charge on any atom is 0.417 e.